The van der Waals surface area contributed by atoms with Crippen molar-refractivity contribution in [3.63, 3.8) is 0 Å². The lowest BCUT2D eigenvalue weighted by Gasteiger charge is -2.23. The molecular weight excluding hydrogens is 240 g/mol. The fraction of sp³-hybridized carbons (Fsp3) is 0.667. The van der Waals surface area contributed by atoms with Crippen molar-refractivity contribution in [3.05, 3.63) is 0 Å². The zero-order chi connectivity index (χ0) is 12.8. The molecule has 0 radical (unpaired) electrons. The molecule has 1 aliphatic rings. The van der Waals surface area contributed by atoms with Gasteiger partial charge in [0, 0.05) is 6.54 Å². The zero-order valence-corrected chi connectivity index (χ0v) is 10.0. The predicted octanol–water partition coefficient (Wildman–Crippen LogP) is -1.01. The topological polar surface area (TPSA) is 116 Å². The monoisotopic (exact) mass is 256 g/mol. The summed E-state index contributed by atoms with van der Waals surface area (Å²) in [5.41, 5.74) is 2.34. The molecule has 0 bridgehead atoms. The van der Waals surface area contributed by atoms with Gasteiger partial charge in [0.15, 0.2) is 0 Å². The number of rotatable bonds is 5. The highest BCUT2D eigenvalue weighted by molar-refractivity contribution is 5.34. The van der Waals surface area contributed by atoms with Gasteiger partial charge in [-0.15, -0.1) is 0 Å². The Balaban J connectivity index is 1.94. The van der Waals surface area contributed by atoms with E-state index in [4.69, 9.17) is 20.1 Å². The molecule has 18 heavy (non-hydrogen) atoms. The maximum Gasteiger partial charge on any atom is 0.322 e. The molecular formula is C9H16N6O3. The van der Waals surface area contributed by atoms with Crippen LogP contribution in [0.3, 0.4) is 0 Å². The predicted molar refractivity (Wildman–Crippen MR) is 63.2 cm³/mol. The average Bonchev–Trinajstić information content (AvgIpc) is 2.45. The Morgan fingerprint density at radius 3 is 2.83 bits per heavy atom. The zero-order valence-electron chi connectivity index (χ0n) is 10.0. The summed E-state index contributed by atoms with van der Waals surface area (Å²) in [5, 5.41) is 3.02. The van der Waals surface area contributed by atoms with Crippen LogP contribution < -0.4 is 21.3 Å². The molecule has 100 valence electrons. The quantitative estimate of drug-likeness (QED) is 0.450. The van der Waals surface area contributed by atoms with E-state index in [-0.39, 0.29) is 18.1 Å². The van der Waals surface area contributed by atoms with E-state index in [1.165, 1.54) is 7.11 Å². The van der Waals surface area contributed by atoms with E-state index >= 15 is 0 Å². The van der Waals surface area contributed by atoms with E-state index in [0.717, 1.165) is 0 Å². The largest absolute Gasteiger partial charge is 0.467 e. The summed E-state index contributed by atoms with van der Waals surface area (Å²) < 4.78 is 15.7. The first-order valence-corrected chi connectivity index (χ1v) is 5.51. The van der Waals surface area contributed by atoms with Gasteiger partial charge in [-0.25, -0.2) is 5.84 Å². The molecule has 2 rings (SSSR count). The van der Waals surface area contributed by atoms with Gasteiger partial charge < -0.3 is 19.5 Å². The summed E-state index contributed by atoms with van der Waals surface area (Å²) in [4.78, 5) is 12.0. The second-order valence-corrected chi connectivity index (χ2v) is 3.56. The maximum absolute atomic E-state index is 5.48. The highest BCUT2D eigenvalue weighted by Gasteiger charge is 2.15. The van der Waals surface area contributed by atoms with Crippen LogP contribution >= 0.6 is 0 Å². The van der Waals surface area contributed by atoms with Crippen LogP contribution in [0.2, 0.25) is 0 Å². The van der Waals surface area contributed by atoms with Crippen molar-refractivity contribution in [2.45, 2.75) is 6.10 Å². The maximum atomic E-state index is 5.48. The summed E-state index contributed by atoms with van der Waals surface area (Å²) >= 11 is 0. The Morgan fingerprint density at radius 1 is 1.33 bits per heavy atom. The Labute approximate surface area is 104 Å². The molecule has 1 aliphatic heterocycles. The SMILES string of the molecule is COc1nc(NN)nc(NCC2COCCO2)n1. The first-order chi connectivity index (χ1) is 8.81. The highest BCUT2D eigenvalue weighted by atomic mass is 16.6. The van der Waals surface area contributed by atoms with Gasteiger partial charge in [0.05, 0.1) is 33.0 Å². The molecule has 1 unspecified atom stereocenters. The third-order valence-corrected chi connectivity index (χ3v) is 2.30. The Hall–Kier alpha value is -1.71. The van der Waals surface area contributed by atoms with Crippen molar-refractivity contribution in [2.75, 3.05) is 44.2 Å². The number of hydrazine groups is 1. The van der Waals surface area contributed by atoms with E-state index in [1.54, 1.807) is 0 Å². The number of nitrogens with one attached hydrogen (secondary N) is 2. The van der Waals surface area contributed by atoms with Gasteiger partial charge in [-0.2, -0.15) is 15.0 Å². The van der Waals surface area contributed by atoms with Gasteiger partial charge in [-0.1, -0.05) is 0 Å². The number of hydrogen-bond acceptors (Lipinski definition) is 9. The number of nitrogen functional groups attached to an aromatic ring is 1. The van der Waals surface area contributed by atoms with E-state index in [9.17, 15) is 0 Å². The highest BCUT2D eigenvalue weighted by Crippen LogP contribution is 2.10. The van der Waals surface area contributed by atoms with Crippen LogP contribution in [-0.2, 0) is 9.47 Å². The Morgan fingerprint density at radius 2 is 2.17 bits per heavy atom. The Kier molecular flexibility index (Phi) is 4.45. The van der Waals surface area contributed by atoms with Crippen molar-refractivity contribution < 1.29 is 14.2 Å². The van der Waals surface area contributed by atoms with E-state index in [2.05, 4.69) is 25.7 Å². The van der Waals surface area contributed by atoms with Gasteiger partial charge in [-0.05, 0) is 0 Å². The molecule has 2 heterocycles. The van der Waals surface area contributed by atoms with Crippen LogP contribution in [-0.4, -0.2) is 54.5 Å². The number of methoxy groups -OCH3 is 1. The smallest absolute Gasteiger partial charge is 0.322 e. The number of anilines is 2. The summed E-state index contributed by atoms with van der Waals surface area (Å²) in [6, 6.07) is 0.182. The molecule has 0 aromatic carbocycles. The lowest BCUT2D eigenvalue weighted by molar-refractivity contribution is -0.0819. The minimum atomic E-state index is -0.0178. The first-order valence-electron chi connectivity index (χ1n) is 5.51. The van der Waals surface area contributed by atoms with E-state index in [1.807, 2.05) is 0 Å². The van der Waals surface area contributed by atoms with Crippen LogP contribution in [0.5, 0.6) is 6.01 Å². The normalized spacial score (nSPS) is 19.3. The molecule has 0 aliphatic carbocycles. The molecule has 1 aromatic heterocycles. The van der Waals surface area contributed by atoms with E-state index < -0.39 is 0 Å². The molecule has 1 aromatic rings. The molecule has 0 spiro atoms. The van der Waals surface area contributed by atoms with Gasteiger partial charge >= 0.3 is 6.01 Å². The minimum Gasteiger partial charge on any atom is -0.467 e. The van der Waals surface area contributed by atoms with Gasteiger partial charge in [0.25, 0.3) is 0 Å². The summed E-state index contributed by atoms with van der Waals surface area (Å²) in [5.74, 6) is 5.84. The van der Waals surface area contributed by atoms with Crippen molar-refractivity contribution in [3.8, 4) is 6.01 Å². The molecule has 4 N–H and O–H groups in total. The van der Waals surface area contributed by atoms with Gasteiger partial charge in [0.2, 0.25) is 11.9 Å². The Bertz CT molecular complexity index is 362. The molecule has 1 saturated heterocycles. The standard InChI is InChI=1S/C9H16N6O3/c1-16-9-13-7(12-8(14-9)15-10)11-4-6-5-17-2-3-18-6/h6H,2-5,10H2,1H3,(H2,11,12,13,14,15). The second kappa shape index (κ2) is 6.28. The minimum absolute atomic E-state index is 0.0178. The van der Waals surface area contributed by atoms with Crippen LogP contribution in [0, 0.1) is 0 Å². The van der Waals surface area contributed by atoms with Gasteiger partial charge in [-0.3, -0.25) is 5.43 Å². The van der Waals surface area contributed by atoms with Gasteiger partial charge in [0.1, 0.15) is 0 Å². The first kappa shape index (κ1) is 12.7. The second-order valence-electron chi connectivity index (χ2n) is 3.56. The fourth-order valence-electron chi connectivity index (χ4n) is 1.45. The fourth-order valence-corrected chi connectivity index (χ4v) is 1.45. The molecule has 0 saturated carbocycles. The number of aromatic nitrogens is 3. The number of nitrogens with zero attached hydrogens (tertiary/aromatic N) is 3. The number of nitrogens with two attached hydrogens (primary N) is 1. The van der Waals surface area contributed by atoms with Crippen LogP contribution in [0.1, 0.15) is 0 Å². The average molecular weight is 256 g/mol. The van der Waals surface area contributed by atoms with Crippen LogP contribution in [0.4, 0.5) is 11.9 Å². The van der Waals surface area contributed by atoms with Crippen LogP contribution in [0.15, 0.2) is 0 Å². The summed E-state index contributed by atoms with van der Waals surface area (Å²) in [7, 11) is 1.47. The molecule has 9 nitrogen and oxygen atoms in total. The van der Waals surface area contributed by atoms with E-state index in [0.29, 0.717) is 32.3 Å². The molecule has 1 fully saturated rings. The molecule has 1 atom stereocenters. The van der Waals surface area contributed by atoms with Crippen molar-refractivity contribution in [2.24, 2.45) is 5.84 Å². The van der Waals surface area contributed by atoms with Crippen molar-refractivity contribution in [1.29, 1.82) is 0 Å². The van der Waals surface area contributed by atoms with Crippen molar-refractivity contribution in [1.82, 2.24) is 15.0 Å². The third-order valence-electron chi connectivity index (χ3n) is 2.30. The summed E-state index contributed by atoms with van der Waals surface area (Å²) in [6.07, 6.45) is -0.0178. The lowest BCUT2D eigenvalue weighted by atomic mass is 10.3. The molecule has 0 amide bonds. The number of ether oxygens (including phenoxy) is 3. The van der Waals surface area contributed by atoms with Crippen molar-refractivity contribution >= 4 is 11.9 Å². The lowest BCUT2D eigenvalue weighted by Crippen LogP contribution is -2.34. The summed E-state index contributed by atoms with van der Waals surface area (Å²) in [6.45, 7) is 2.33. The van der Waals surface area contributed by atoms with Crippen LogP contribution in [0.25, 0.3) is 0 Å². The third kappa shape index (κ3) is 3.39. The number of hydrogen-bond donors (Lipinski definition) is 3. The molecule has 9 heteroatoms.